The van der Waals surface area contributed by atoms with E-state index >= 15 is 0 Å². The van der Waals surface area contributed by atoms with Crippen molar-refractivity contribution in [1.82, 2.24) is 4.90 Å². The predicted molar refractivity (Wildman–Crippen MR) is 80.4 cm³/mol. The molecule has 4 heteroatoms. The van der Waals surface area contributed by atoms with Gasteiger partial charge in [-0.3, -0.25) is 4.79 Å². The third-order valence-corrected chi connectivity index (χ3v) is 2.88. The maximum Gasteiger partial charge on any atom is 0.255 e. The number of benzene rings is 1. The normalized spacial score (nSPS) is 9.80. The zero-order valence-corrected chi connectivity index (χ0v) is 12.1. The van der Waals surface area contributed by atoms with Gasteiger partial charge in [-0.05, 0) is 31.0 Å². The molecule has 0 aliphatic carbocycles. The lowest BCUT2D eigenvalue weighted by Gasteiger charge is -2.21. The van der Waals surface area contributed by atoms with E-state index in [0.717, 1.165) is 12.0 Å². The highest BCUT2D eigenvalue weighted by molar-refractivity contribution is 5.96. The summed E-state index contributed by atoms with van der Waals surface area (Å²) in [5.74, 6) is 5.64. The average molecular weight is 274 g/mol. The Hall–Kier alpha value is -1.83. The summed E-state index contributed by atoms with van der Waals surface area (Å²) in [5.41, 5.74) is 7.70. The molecule has 0 unspecified atom stereocenters. The predicted octanol–water partition coefficient (Wildman–Crippen LogP) is 1.15. The molecule has 3 N–H and O–H groups in total. The average Bonchev–Trinajstić information content (AvgIpc) is 2.44. The highest BCUT2D eigenvalue weighted by Crippen LogP contribution is 2.14. The highest BCUT2D eigenvalue weighted by Gasteiger charge is 2.17. The molecule has 1 amide bonds. The van der Waals surface area contributed by atoms with Crippen molar-refractivity contribution >= 4 is 5.91 Å². The molecule has 0 aliphatic rings. The van der Waals surface area contributed by atoms with Crippen molar-refractivity contribution in [3.05, 3.63) is 34.9 Å². The van der Waals surface area contributed by atoms with Crippen LogP contribution in [0.25, 0.3) is 0 Å². The number of hydrogen-bond donors (Lipinski definition) is 2. The molecule has 0 atom stereocenters. The minimum atomic E-state index is -0.0952. The summed E-state index contributed by atoms with van der Waals surface area (Å²) in [6.07, 6.45) is 0.849. The van der Waals surface area contributed by atoms with E-state index in [1.165, 1.54) is 0 Å². The van der Waals surface area contributed by atoms with E-state index in [2.05, 4.69) is 11.8 Å². The van der Waals surface area contributed by atoms with Crippen LogP contribution in [0.15, 0.2) is 18.2 Å². The monoisotopic (exact) mass is 274 g/mol. The number of hydrogen-bond acceptors (Lipinski definition) is 3. The van der Waals surface area contributed by atoms with Gasteiger partial charge in [0.2, 0.25) is 0 Å². The number of aryl methyl sites for hydroxylation is 1. The Morgan fingerprint density at radius 1 is 1.40 bits per heavy atom. The van der Waals surface area contributed by atoms with Gasteiger partial charge in [0.15, 0.2) is 0 Å². The molecule has 20 heavy (non-hydrogen) atoms. The third kappa shape index (κ3) is 4.37. The fourth-order valence-corrected chi connectivity index (χ4v) is 1.97. The largest absolute Gasteiger partial charge is 0.395 e. The Bertz CT molecular complexity index is 509. The van der Waals surface area contributed by atoms with Crippen LogP contribution in [0, 0.1) is 18.8 Å². The topological polar surface area (TPSA) is 66.6 Å². The molecule has 0 radical (unpaired) electrons. The molecular weight excluding hydrogens is 252 g/mol. The van der Waals surface area contributed by atoms with Gasteiger partial charge in [0.05, 0.1) is 18.7 Å². The molecule has 0 aromatic heterocycles. The summed E-state index contributed by atoms with van der Waals surface area (Å²) in [6, 6.07) is 5.57. The van der Waals surface area contributed by atoms with Crippen LogP contribution in [0.3, 0.4) is 0 Å². The molecule has 0 heterocycles. The number of nitrogens with zero attached hydrogens (tertiary/aromatic N) is 1. The minimum Gasteiger partial charge on any atom is -0.395 e. The highest BCUT2D eigenvalue weighted by atomic mass is 16.3. The zero-order valence-electron chi connectivity index (χ0n) is 12.1. The van der Waals surface area contributed by atoms with Crippen LogP contribution in [-0.2, 0) is 0 Å². The van der Waals surface area contributed by atoms with E-state index in [1.54, 1.807) is 11.0 Å². The van der Waals surface area contributed by atoms with Gasteiger partial charge < -0.3 is 15.7 Å². The van der Waals surface area contributed by atoms with Gasteiger partial charge in [0, 0.05) is 18.7 Å². The number of carbonyl (C=O) groups is 1. The quantitative estimate of drug-likeness (QED) is 0.792. The van der Waals surface area contributed by atoms with Crippen LogP contribution in [0.1, 0.15) is 34.8 Å². The van der Waals surface area contributed by atoms with E-state index in [4.69, 9.17) is 10.8 Å². The molecule has 0 saturated carbocycles. The lowest BCUT2D eigenvalue weighted by Crippen LogP contribution is -2.34. The first-order valence-corrected chi connectivity index (χ1v) is 6.83. The summed E-state index contributed by atoms with van der Waals surface area (Å²) in [7, 11) is 0. The minimum absolute atomic E-state index is 0.0403. The van der Waals surface area contributed by atoms with Crippen molar-refractivity contribution in [3.8, 4) is 11.8 Å². The fraction of sp³-hybridized carbons (Fsp3) is 0.438. The Labute approximate surface area is 120 Å². The Balaban J connectivity index is 3.12. The van der Waals surface area contributed by atoms with Crippen LogP contribution >= 0.6 is 0 Å². The molecule has 0 spiro atoms. The molecule has 108 valence electrons. The van der Waals surface area contributed by atoms with E-state index < -0.39 is 0 Å². The molecule has 0 bridgehead atoms. The van der Waals surface area contributed by atoms with Crippen LogP contribution in [-0.4, -0.2) is 42.2 Å². The summed E-state index contributed by atoms with van der Waals surface area (Å²) in [6.45, 7) is 5.14. The van der Waals surface area contributed by atoms with Gasteiger partial charge >= 0.3 is 0 Å². The van der Waals surface area contributed by atoms with Crippen LogP contribution in [0.5, 0.6) is 0 Å². The van der Waals surface area contributed by atoms with Crippen molar-refractivity contribution in [3.63, 3.8) is 0 Å². The molecule has 4 nitrogen and oxygen atoms in total. The zero-order chi connectivity index (χ0) is 15.0. The number of aliphatic hydroxyl groups is 1. The number of carbonyl (C=O) groups excluding carboxylic acids is 1. The first-order chi connectivity index (χ1) is 9.63. The van der Waals surface area contributed by atoms with Gasteiger partial charge in [-0.15, -0.1) is 0 Å². The molecular formula is C16H22N2O2. The molecule has 0 fully saturated rings. The van der Waals surface area contributed by atoms with Crippen molar-refractivity contribution in [2.45, 2.75) is 20.3 Å². The second-order valence-corrected chi connectivity index (χ2v) is 4.57. The number of amides is 1. The standard InChI is InChI=1S/C16H22N2O2/c1-3-9-18(10-11-19)16(20)15-7-6-13(2)12-14(15)5-4-8-17/h6-7,12,19H,3,8-11,17H2,1-2H3. The van der Waals surface area contributed by atoms with Crippen molar-refractivity contribution in [2.24, 2.45) is 5.73 Å². The van der Waals surface area contributed by atoms with E-state index in [1.807, 2.05) is 26.0 Å². The molecule has 0 saturated heterocycles. The number of rotatable bonds is 5. The van der Waals surface area contributed by atoms with E-state index in [-0.39, 0.29) is 19.1 Å². The van der Waals surface area contributed by atoms with Crippen molar-refractivity contribution < 1.29 is 9.90 Å². The Morgan fingerprint density at radius 3 is 2.75 bits per heavy atom. The Kier molecular flexibility index (Phi) is 6.78. The number of nitrogens with two attached hydrogens (primary N) is 1. The second-order valence-electron chi connectivity index (χ2n) is 4.57. The van der Waals surface area contributed by atoms with Gasteiger partial charge in [-0.25, -0.2) is 0 Å². The van der Waals surface area contributed by atoms with Gasteiger partial charge in [-0.2, -0.15) is 0 Å². The first kappa shape index (κ1) is 16.2. The summed E-state index contributed by atoms with van der Waals surface area (Å²) in [4.78, 5) is 14.2. The SMILES string of the molecule is CCCN(CCO)C(=O)c1ccc(C)cc1C#CCN. The third-order valence-electron chi connectivity index (χ3n) is 2.88. The molecule has 1 rings (SSSR count). The maximum absolute atomic E-state index is 12.5. The molecule has 1 aromatic carbocycles. The lowest BCUT2D eigenvalue weighted by molar-refractivity contribution is 0.0721. The van der Waals surface area contributed by atoms with Gasteiger partial charge in [-0.1, -0.05) is 24.8 Å². The fourth-order valence-electron chi connectivity index (χ4n) is 1.97. The van der Waals surface area contributed by atoms with Crippen molar-refractivity contribution in [2.75, 3.05) is 26.2 Å². The van der Waals surface area contributed by atoms with Crippen molar-refractivity contribution in [1.29, 1.82) is 0 Å². The number of aliphatic hydroxyl groups excluding tert-OH is 1. The van der Waals surface area contributed by atoms with Gasteiger partial charge in [0.1, 0.15) is 0 Å². The Morgan fingerprint density at radius 2 is 2.15 bits per heavy atom. The maximum atomic E-state index is 12.5. The lowest BCUT2D eigenvalue weighted by atomic mass is 10.0. The van der Waals surface area contributed by atoms with E-state index in [0.29, 0.717) is 24.2 Å². The second kappa shape index (κ2) is 8.36. The van der Waals surface area contributed by atoms with Crippen LogP contribution < -0.4 is 5.73 Å². The summed E-state index contributed by atoms with van der Waals surface area (Å²) >= 11 is 0. The van der Waals surface area contributed by atoms with E-state index in [9.17, 15) is 4.79 Å². The van der Waals surface area contributed by atoms with Crippen LogP contribution in [0.2, 0.25) is 0 Å². The molecule has 1 aromatic rings. The molecule has 0 aliphatic heterocycles. The first-order valence-electron chi connectivity index (χ1n) is 6.83. The van der Waals surface area contributed by atoms with Crippen LogP contribution in [0.4, 0.5) is 0 Å². The van der Waals surface area contributed by atoms with Gasteiger partial charge in [0.25, 0.3) is 5.91 Å². The summed E-state index contributed by atoms with van der Waals surface area (Å²) in [5, 5.41) is 9.08. The summed E-state index contributed by atoms with van der Waals surface area (Å²) < 4.78 is 0. The smallest absolute Gasteiger partial charge is 0.255 e.